The fraction of sp³-hybridized carbons (Fsp3) is 0.318. The molecule has 6 nitrogen and oxygen atoms in total. The maximum atomic E-state index is 12.3. The largest absolute Gasteiger partial charge is 0.461 e. The van der Waals surface area contributed by atoms with Crippen molar-refractivity contribution in [3.63, 3.8) is 0 Å². The van der Waals surface area contributed by atoms with E-state index in [1.807, 2.05) is 24.3 Å². The molecule has 1 aliphatic heterocycles. The van der Waals surface area contributed by atoms with Gasteiger partial charge in [0.05, 0.1) is 17.6 Å². The monoisotopic (exact) mass is 376 g/mol. The van der Waals surface area contributed by atoms with Crippen molar-refractivity contribution >= 4 is 22.8 Å². The number of rotatable bonds is 6. The van der Waals surface area contributed by atoms with E-state index in [-0.39, 0.29) is 5.69 Å². The number of ether oxygens (including phenoxy) is 1. The second kappa shape index (κ2) is 8.35. The molecule has 144 valence electrons. The molecule has 4 rings (SSSR count). The Hall–Kier alpha value is -2.99. The third-order valence-corrected chi connectivity index (χ3v) is 4.97. The van der Waals surface area contributed by atoms with Crippen LogP contribution in [0.5, 0.6) is 0 Å². The van der Waals surface area contributed by atoms with Gasteiger partial charge in [-0.3, -0.25) is 4.90 Å². The first-order valence-electron chi connectivity index (χ1n) is 9.71. The molecule has 3 aromatic rings. The molecule has 0 aliphatic carbocycles. The third kappa shape index (κ3) is 3.97. The molecule has 0 bridgehead atoms. The second-order valence-corrected chi connectivity index (χ2v) is 6.85. The van der Waals surface area contributed by atoms with Crippen LogP contribution in [0.3, 0.4) is 0 Å². The van der Waals surface area contributed by atoms with Gasteiger partial charge in [-0.05, 0) is 36.6 Å². The number of hydrogen-bond donors (Lipinski definition) is 1. The van der Waals surface area contributed by atoms with Crippen LogP contribution in [-0.4, -0.2) is 47.1 Å². The van der Waals surface area contributed by atoms with E-state index in [0.717, 1.165) is 31.6 Å². The minimum absolute atomic E-state index is 0.240. The summed E-state index contributed by atoms with van der Waals surface area (Å²) in [5, 5.41) is 3.30. The SMILES string of the molecule is CCOC(=O)c1nc2ccccc2nc1NCCN1CCc2ccccc2C1. The van der Waals surface area contributed by atoms with Gasteiger partial charge < -0.3 is 10.1 Å². The van der Waals surface area contributed by atoms with Crippen molar-refractivity contribution in [2.45, 2.75) is 19.9 Å². The number of carbonyl (C=O) groups is 1. The van der Waals surface area contributed by atoms with Crippen LogP contribution in [0.1, 0.15) is 28.5 Å². The average Bonchev–Trinajstić information content (AvgIpc) is 2.73. The number of carbonyl (C=O) groups excluding carboxylic acids is 1. The minimum atomic E-state index is -0.449. The third-order valence-electron chi connectivity index (χ3n) is 4.97. The van der Waals surface area contributed by atoms with Crippen molar-refractivity contribution in [3.8, 4) is 0 Å². The van der Waals surface area contributed by atoms with Crippen LogP contribution in [-0.2, 0) is 17.7 Å². The van der Waals surface area contributed by atoms with Gasteiger partial charge in [0.2, 0.25) is 0 Å². The van der Waals surface area contributed by atoms with Crippen molar-refractivity contribution in [2.24, 2.45) is 0 Å². The Morgan fingerprint density at radius 1 is 1.07 bits per heavy atom. The van der Waals surface area contributed by atoms with Crippen molar-refractivity contribution < 1.29 is 9.53 Å². The van der Waals surface area contributed by atoms with Gasteiger partial charge in [0.1, 0.15) is 0 Å². The summed E-state index contributed by atoms with van der Waals surface area (Å²) in [6.07, 6.45) is 1.07. The summed E-state index contributed by atoms with van der Waals surface area (Å²) >= 11 is 0. The van der Waals surface area contributed by atoms with Crippen molar-refractivity contribution in [3.05, 3.63) is 65.4 Å². The van der Waals surface area contributed by atoms with Gasteiger partial charge in [0.15, 0.2) is 11.5 Å². The summed E-state index contributed by atoms with van der Waals surface area (Å²) in [6, 6.07) is 16.1. The first kappa shape index (κ1) is 18.4. The lowest BCUT2D eigenvalue weighted by molar-refractivity contribution is 0.0520. The Balaban J connectivity index is 1.46. The highest BCUT2D eigenvalue weighted by Crippen LogP contribution is 2.20. The molecule has 0 saturated carbocycles. The minimum Gasteiger partial charge on any atom is -0.461 e. The highest BCUT2D eigenvalue weighted by molar-refractivity contribution is 5.95. The number of anilines is 1. The molecule has 28 heavy (non-hydrogen) atoms. The summed E-state index contributed by atoms with van der Waals surface area (Å²) in [5.74, 6) is 0.0321. The maximum Gasteiger partial charge on any atom is 0.360 e. The predicted molar refractivity (Wildman–Crippen MR) is 109 cm³/mol. The predicted octanol–water partition coefficient (Wildman–Crippen LogP) is 3.28. The Morgan fingerprint density at radius 2 is 1.79 bits per heavy atom. The van der Waals surface area contributed by atoms with E-state index in [4.69, 9.17) is 4.74 Å². The Morgan fingerprint density at radius 3 is 2.57 bits per heavy atom. The first-order chi connectivity index (χ1) is 13.7. The molecule has 1 N–H and O–H groups in total. The summed E-state index contributed by atoms with van der Waals surface area (Å²) in [5.41, 5.74) is 4.52. The van der Waals surface area contributed by atoms with Crippen LogP contribution >= 0.6 is 0 Å². The van der Waals surface area contributed by atoms with Crippen molar-refractivity contribution in [2.75, 3.05) is 31.6 Å². The molecule has 0 spiro atoms. The van der Waals surface area contributed by atoms with Gasteiger partial charge >= 0.3 is 5.97 Å². The number of nitrogens with zero attached hydrogens (tertiary/aromatic N) is 3. The quantitative estimate of drug-likeness (QED) is 0.666. The lowest BCUT2D eigenvalue weighted by Crippen LogP contribution is -2.34. The van der Waals surface area contributed by atoms with E-state index < -0.39 is 5.97 Å². The molecule has 2 heterocycles. The lowest BCUT2D eigenvalue weighted by atomic mass is 10.00. The highest BCUT2D eigenvalue weighted by Gasteiger charge is 2.19. The van der Waals surface area contributed by atoms with Crippen LogP contribution in [0.15, 0.2) is 48.5 Å². The summed E-state index contributed by atoms with van der Waals surface area (Å²) in [7, 11) is 0. The molecule has 0 amide bonds. The fourth-order valence-electron chi connectivity index (χ4n) is 3.54. The molecule has 1 aromatic heterocycles. The van der Waals surface area contributed by atoms with Crippen LogP contribution in [0.2, 0.25) is 0 Å². The van der Waals surface area contributed by atoms with Crippen LogP contribution in [0.25, 0.3) is 11.0 Å². The number of hydrogen-bond acceptors (Lipinski definition) is 6. The van der Waals surface area contributed by atoms with Gasteiger partial charge in [-0.2, -0.15) is 0 Å². The van der Waals surface area contributed by atoms with E-state index >= 15 is 0 Å². The molecule has 0 saturated heterocycles. The Labute approximate surface area is 164 Å². The summed E-state index contributed by atoms with van der Waals surface area (Å²) in [6.45, 7) is 5.62. The van der Waals surface area contributed by atoms with Gasteiger partial charge in [-0.25, -0.2) is 14.8 Å². The molecule has 2 aromatic carbocycles. The zero-order valence-electron chi connectivity index (χ0n) is 16.0. The second-order valence-electron chi connectivity index (χ2n) is 6.85. The van der Waals surface area contributed by atoms with E-state index in [9.17, 15) is 4.79 Å². The summed E-state index contributed by atoms with van der Waals surface area (Å²) < 4.78 is 5.16. The zero-order valence-corrected chi connectivity index (χ0v) is 16.0. The van der Waals surface area contributed by atoms with Crippen molar-refractivity contribution in [1.82, 2.24) is 14.9 Å². The average molecular weight is 376 g/mol. The standard InChI is InChI=1S/C22H24N4O2/c1-2-28-22(27)20-21(25-19-10-6-5-9-18(19)24-20)23-12-14-26-13-11-16-7-3-4-8-17(16)15-26/h3-10H,2,11-15H2,1H3,(H,23,25). The van der Waals surface area contributed by atoms with Crippen molar-refractivity contribution in [1.29, 1.82) is 0 Å². The number of esters is 1. The highest BCUT2D eigenvalue weighted by atomic mass is 16.5. The Kier molecular flexibility index (Phi) is 5.48. The molecule has 0 radical (unpaired) electrons. The number of benzene rings is 2. The first-order valence-corrected chi connectivity index (χ1v) is 9.71. The molecular weight excluding hydrogens is 352 g/mol. The van der Waals surface area contributed by atoms with Gasteiger partial charge in [0.25, 0.3) is 0 Å². The topological polar surface area (TPSA) is 67.3 Å². The van der Waals surface area contributed by atoms with E-state index in [1.165, 1.54) is 11.1 Å². The number of para-hydroxylation sites is 2. The lowest BCUT2D eigenvalue weighted by Gasteiger charge is -2.28. The Bertz CT molecular complexity index is 989. The van der Waals surface area contributed by atoms with E-state index in [1.54, 1.807) is 6.92 Å². The van der Waals surface area contributed by atoms with E-state index in [0.29, 0.717) is 24.5 Å². The molecule has 6 heteroatoms. The van der Waals surface area contributed by atoms with Gasteiger partial charge in [-0.1, -0.05) is 36.4 Å². The fourth-order valence-corrected chi connectivity index (χ4v) is 3.54. The van der Waals surface area contributed by atoms with Crippen LogP contribution < -0.4 is 5.32 Å². The van der Waals surface area contributed by atoms with E-state index in [2.05, 4.69) is 44.5 Å². The maximum absolute atomic E-state index is 12.3. The smallest absolute Gasteiger partial charge is 0.360 e. The number of aromatic nitrogens is 2. The molecule has 0 atom stereocenters. The van der Waals surface area contributed by atoms with Crippen LogP contribution in [0, 0.1) is 0 Å². The molecular formula is C22H24N4O2. The summed E-state index contributed by atoms with van der Waals surface area (Å²) in [4.78, 5) is 23.8. The van der Waals surface area contributed by atoms with Gasteiger partial charge in [-0.15, -0.1) is 0 Å². The molecule has 1 aliphatic rings. The molecule has 0 fully saturated rings. The van der Waals surface area contributed by atoms with Gasteiger partial charge in [0, 0.05) is 26.2 Å². The number of nitrogens with one attached hydrogen (secondary N) is 1. The zero-order chi connectivity index (χ0) is 19.3. The molecule has 0 unspecified atom stereocenters. The van der Waals surface area contributed by atoms with Crippen LogP contribution in [0.4, 0.5) is 5.82 Å². The number of fused-ring (bicyclic) bond motifs is 2. The normalized spacial score (nSPS) is 13.9.